The molecule has 1 amide bonds. The molecule has 0 aliphatic carbocycles. The third-order valence-corrected chi connectivity index (χ3v) is 2.98. The van der Waals surface area contributed by atoms with E-state index in [2.05, 4.69) is 5.32 Å². The Labute approximate surface area is 112 Å². The molecule has 0 spiro atoms. The summed E-state index contributed by atoms with van der Waals surface area (Å²) in [5.74, 6) is -1.39. The van der Waals surface area contributed by atoms with Gasteiger partial charge in [-0.05, 0) is 37.1 Å². The number of anilines is 1. The first-order chi connectivity index (χ1) is 8.95. The molecule has 0 saturated carbocycles. The maximum absolute atomic E-state index is 12.0. The number of carbonyl (C=O) groups excluding carboxylic acids is 1. The minimum absolute atomic E-state index is 0.383. The number of carboxylic acid groups (broad SMARTS) is 1. The molecular weight excluding hydrogens is 244 g/mol. The molecular formula is C14H20N2O3. The van der Waals surface area contributed by atoms with E-state index >= 15 is 0 Å². The highest BCUT2D eigenvalue weighted by Gasteiger charge is 2.20. The maximum Gasteiger partial charge on any atom is 0.326 e. The van der Waals surface area contributed by atoms with E-state index in [9.17, 15) is 9.59 Å². The van der Waals surface area contributed by atoms with Crippen molar-refractivity contribution in [2.75, 3.05) is 5.73 Å². The highest BCUT2D eigenvalue weighted by Crippen LogP contribution is 2.13. The van der Waals surface area contributed by atoms with Gasteiger partial charge in [0.1, 0.15) is 6.04 Å². The van der Waals surface area contributed by atoms with Crippen LogP contribution in [0, 0.1) is 6.92 Å². The molecule has 4 N–H and O–H groups in total. The molecule has 0 aliphatic heterocycles. The number of benzene rings is 1. The van der Waals surface area contributed by atoms with Crippen LogP contribution in [0.5, 0.6) is 0 Å². The van der Waals surface area contributed by atoms with E-state index in [0.717, 1.165) is 18.4 Å². The molecule has 0 bridgehead atoms. The van der Waals surface area contributed by atoms with Gasteiger partial charge >= 0.3 is 5.97 Å². The van der Waals surface area contributed by atoms with Gasteiger partial charge in [-0.25, -0.2) is 4.79 Å². The van der Waals surface area contributed by atoms with E-state index in [-0.39, 0.29) is 5.91 Å². The quantitative estimate of drug-likeness (QED) is 0.685. The zero-order valence-electron chi connectivity index (χ0n) is 11.3. The summed E-state index contributed by atoms with van der Waals surface area (Å²) in [6, 6.07) is 4.05. The summed E-state index contributed by atoms with van der Waals surface area (Å²) in [4.78, 5) is 23.0. The normalized spacial score (nSPS) is 11.9. The van der Waals surface area contributed by atoms with Crippen molar-refractivity contribution < 1.29 is 14.7 Å². The molecule has 104 valence electrons. The van der Waals surface area contributed by atoms with Crippen molar-refractivity contribution in [3.63, 3.8) is 0 Å². The number of carbonyl (C=O) groups is 2. The fourth-order valence-corrected chi connectivity index (χ4v) is 1.72. The second kappa shape index (κ2) is 6.78. The molecule has 5 heteroatoms. The Morgan fingerprint density at radius 2 is 2.11 bits per heavy atom. The van der Waals surface area contributed by atoms with Gasteiger partial charge in [0.2, 0.25) is 0 Å². The second-order valence-electron chi connectivity index (χ2n) is 4.58. The topological polar surface area (TPSA) is 92.4 Å². The number of unbranched alkanes of at least 4 members (excludes halogenated alkanes) is 1. The van der Waals surface area contributed by atoms with Crippen molar-refractivity contribution in [3.05, 3.63) is 29.3 Å². The van der Waals surface area contributed by atoms with Crippen LogP contribution in [0.1, 0.15) is 42.1 Å². The van der Waals surface area contributed by atoms with Gasteiger partial charge < -0.3 is 16.2 Å². The smallest absolute Gasteiger partial charge is 0.326 e. The Balaban J connectivity index is 2.75. The van der Waals surface area contributed by atoms with Crippen LogP contribution in [0.4, 0.5) is 5.69 Å². The average Bonchev–Trinajstić information content (AvgIpc) is 2.37. The number of nitrogens with one attached hydrogen (secondary N) is 1. The van der Waals surface area contributed by atoms with E-state index < -0.39 is 12.0 Å². The molecule has 0 radical (unpaired) electrons. The van der Waals surface area contributed by atoms with Crippen molar-refractivity contribution >= 4 is 17.6 Å². The Kier molecular flexibility index (Phi) is 5.36. The van der Waals surface area contributed by atoms with Crippen LogP contribution in [-0.4, -0.2) is 23.0 Å². The number of nitrogens with two attached hydrogens (primary N) is 1. The zero-order valence-corrected chi connectivity index (χ0v) is 11.3. The molecule has 1 atom stereocenters. The lowest BCUT2D eigenvalue weighted by molar-refractivity contribution is -0.139. The van der Waals surface area contributed by atoms with Crippen LogP contribution in [-0.2, 0) is 4.79 Å². The number of hydrogen-bond donors (Lipinski definition) is 3. The molecule has 0 heterocycles. The zero-order chi connectivity index (χ0) is 14.4. The maximum atomic E-state index is 12.0. The minimum atomic E-state index is -1.01. The Morgan fingerprint density at radius 1 is 1.42 bits per heavy atom. The van der Waals surface area contributed by atoms with E-state index in [1.807, 2.05) is 6.92 Å². The number of hydrogen-bond acceptors (Lipinski definition) is 3. The summed E-state index contributed by atoms with van der Waals surface area (Å²) >= 11 is 0. The fourth-order valence-electron chi connectivity index (χ4n) is 1.72. The van der Waals surface area contributed by atoms with E-state index in [4.69, 9.17) is 10.8 Å². The number of aryl methyl sites for hydroxylation is 1. The van der Waals surface area contributed by atoms with Gasteiger partial charge in [-0.1, -0.05) is 19.8 Å². The van der Waals surface area contributed by atoms with Gasteiger partial charge in [0, 0.05) is 11.3 Å². The monoisotopic (exact) mass is 264 g/mol. The summed E-state index contributed by atoms with van der Waals surface area (Å²) in [6.45, 7) is 3.78. The molecule has 0 saturated heterocycles. The third-order valence-electron chi connectivity index (χ3n) is 2.98. The predicted octanol–water partition coefficient (Wildman–Crippen LogP) is 1.95. The van der Waals surface area contributed by atoms with E-state index in [1.54, 1.807) is 25.1 Å². The standard InChI is InChI=1S/C14H20N2O3/c1-3-4-5-12(14(18)19)16-13(17)10-6-7-11(15)9(2)8-10/h6-8,12H,3-5,15H2,1-2H3,(H,16,17)(H,18,19). The van der Waals surface area contributed by atoms with E-state index in [1.165, 1.54) is 0 Å². The summed E-state index contributed by atoms with van der Waals surface area (Å²) in [5, 5.41) is 11.6. The molecule has 0 aliphatic rings. The second-order valence-corrected chi connectivity index (χ2v) is 4.58. The lowest BCUT2D eigenvalue weighted by Crippen LogP contribution is -2.40. The lowest BCUT2D eigenvalue weighted by Gasteiger charge is -2.14. The van der Waals surface area contributed by atoms with Gasteiger partial charge in [-0.2, -0.15) is 0 Å². The number of aliphatic carboxylic acids is 1. The van der Waals surface area contributed by atoms with Crippen LogP contribution in [0.3, 0.4) is 0 Å². The molecule has 5 nitrogen and oxygen atoms in total. The van der Waals surface area contributed by atoms with Crippen molar-refractivity contribution in [1.29, 1.82) is 0 Å². The lowest BCUT2D eigenvalue weighted by atomic mass is 10.1. The predicted molar refractivity (Wildman–Crippen MR) is 74.0 cm³/mol. The van der Waals surface area contributed by atoms with Crippen molar-refractivity contribution in [1.82, 2.24) is 5.32 Å². The summed E-state index contributed by atoms with van der Waals surface area (Å²) in [7, 11) is 0. The van der Waals surface area contributed by atoms with Gasteiger partial charge in [-0.3, -0.25) is 4.79 Å². The van der Waals surface area contributed by atoms with E-state index in [0.29, 0.717) is 17.7 Å². The molecule has 1 unspecified atom stereocenters. The number of nitrogen functional groups attached to an aromatic ring is 1. The number of rotatable bonds is 6. The summed E-state index contributed by atoms with van der Waals surface area (Å²) in [5.41, 5.74) is 7.51. The first-order valence-corrected chi connectivity index (χ1v) is 6.35. The molecule has 0 aromatic heterocycles. The molecule has 0 fully saturated rings. The third kappa shape index (κ3) is 4.28. The molecule has 1 rings (SSSR count). The Hall–Kier alpha value is -2.04. The Bertz CT molecular complexity index is 472. The summed E-state index contributed by atoms with van der Waals surface area (Å²) in [6.07, 6.45) is 2.09. The van der Waals surface area contributed by atoms with Crippen LogP contribution < -0.4 is 11.1 Å². The molecule has 19 heavy (non-hydrogen) atoms. The van der Waals surface area contributed by atoms with Gasteiger partial charge in [-0.15, -0.1) is 0 Å². The van der Waals surface area contributed by atoms with Gasteiger partial charge in [0.25, 0.3) is 5.91 Å². The molecule has 1 aromatic rings. The number of carboxylic acids is 1. The van der Waals surface area contributed by atoms with Gasteiger partial charge in [0.15, 0.2) is 0 Å². The van der Waals surface area contributed by atoms with Crippen LogP contribution >= 0.6 is 0 Å². The fraction of sp³-hybridized carbons (Fsp3) is 0.429. The average molecular weight is 264 g/mol. The van der Waals surface area contributed by atoms with Crippen molar-refractivity contribution in [2.45, 2.75) is 39.2 Å². The highest BCUT2D eigenvalue weighted by molar-refractivity contribution is 5.97. The summed E-state index contributed by atoms with van der Waals surface area (Å²) < 4.78 is 0. The van der Waals surface area contributed by atoms with Crippen LogP contribution in [0.25, 0.3) is 0 Å². The highest BCUT2D eigenvalue weighted by atomic mass is 16.4. The number of amides is 1. The van der Waals surface area contributed by atoms with Gasteiger partial charge in [0.05, 0.1) is 0 Å². The SMILES string of the molecule is CCCCC(NC(=O)c1ccc(N)c(C)c1)C(=O)O. The van der Waals surface area contributed by atoms with Crippen molar-refractivity contribution in [2.24, 2.45) is 0 Å². The van der Waals surface area contributed by atoms with Crippen LogP contribution in [0.2, 0.25) is 0 Å². The minimum Gasteiger partial charge on any atom is -0.480 e. The first kappa shape index (κ1) is 15.0. The van der Waals surface area contributed by atoms with Crippen LogP contribution in [0.15, 0.2) is 18.2 Å². The largest absolute Gasteiger partial charge is 0.480 e. The molecule has 1 aromatic carbocycles. The first-order valence-electron chi connectivity index (χ1n) is 6.35. The van der Waals surface area contributed by atoms with Crippen molar-refractivity contribution in [3.8, 4) is 0 Å². The Morgan fingerprint density at radius 3 is 2.63 bits per heavy atom.